The summed E-state index contributed by atoms with van der Waals surface area (Å²) in [6, 6.07) is 9.02. The standard InChI is InChI=1S/C10H10N2O2/c1-7(13)11-12-9-5-3-2-4-8(9)6-10(12)14/h2-6,14H,1H3,(H,11,13). The smallest absolute Gasteiger partial charge is 0.235 e. The Morgan fingerprint density at radius 2 is 2.14 bits per heavy atom. The lowest BCUT2D eigenvalue weighted by atomic mass is 10.2. The van der Waals surface area contributed by atoms with Crippen LogP contribution in [0.4, 0.5) is 0 Å². The number of aromatic hydroxyl groups is 1. The van der Waals surface area contributed by atoms with Crippen molar-refractivity contribution in [2.24, 2.45) is 0 Å². The van der Waals surface area contributed by atoms with Crippen molar-refractivity contribution in [3.63, 3.8) is 0 Å². The van der Waals surface area contributed by atoms with E-state index in [1.54, 1.807) is 6.07 Å². The highest BCUT2D eigenvalue weighted by Crippen LogP contribution is 2.22. The highest BCUT2D eigenvalue weighted by atomic mass is 16.3. The molecule has 14 heavy (non-hydrogen) atoms. The zero-order chi connectivity index (χ0) is 10.1. The summed E-state index contributed by atoms with van der Waals surface area (Å²) >= 11 is 0. The molecule has 0 aliphatic rings. The molecule has 0 bridgehead atoms. The van der Waals surface area contributed by atoms with Gasteiger partial charge in [0.2, 0.25) is 11.8 Å². The number of carbonyl (C=O) groups is 1. The first-order chi connectivity index (χ1) is 6.68. The van der Waals surface area contributed by atoms with E-state index < -0.39 is 0 Å². The van der Waals surface area contributed by atoms with Crippen LogP contribution in [0.2, 0.25) is 0 Å². The molecule has 0 aliphatic carbocycles. The normalized spacial score (nSPS) is 10.4. The van der Waals surface area contributed by atoms with Crippen LogP contribution in [0.15, 0.2) is 30.3 Å². The molecule has 0 aliphatic heterocycles. The zero-order valence-corrected chi connectivity index (χ0v) is 7.69. The van der Waals surface area contributed by atoms with Gasteiger partial charge in [0, 0.05) is 18.4 Å². The number of benzene rings is 1. The van der Waals surface area contributed by atoms with Crippen molar-refractivity contribution in [3.05, 3.63) is 30.3 Å². The minimum Gasteiger partial charge on any atom is -0.493 e. The van der Waals surface area contributed by atoms with Crippen LogP contribution in [0.5, 0.6) is 5.88 Å². The molecule has 1 aromatic carbocycles. The molecule has 4 heteroatoms. The average molecular weight is 190 g/mol. The lowest BCUT2D eigenvalue weighted by Gasteiger charge is -2.05. The van der Waals surface area contributed by atoms with Crippen molar-refractivity contribution in [2.75, 3.05) is 5.43 Å². The Morgan fingerprint density at radius 1 is 1.43 bits per heavy atom. The maximum absolute atomic E-state index is 10.9. The minimum absolute atomic E-state index is 0.0291. The van der Waals surface area contributed by atoms with E-state index in [1.807, 2.05) is 24.3 Å². The molecule has 0 radical (unpaired) electrons. The van der Waals surface area contributed by atoms with Gasteiger partial charge in [0.25, 0.3) is 0 Å². The summed E-state index contributed by atoms with van der Waals surface area (Å²) in [4.78, 5) is 10.9. The van der Waals surface area contributed by atoms with Crippen molar-refractivity contribution in [1.82, 2.24) is 4.68 Å². The summed E-state index contributed by atoms with van der Waals surface area (Å²) in [5.74, 6) is -0.192. The second-order valence-corrected chi connectivity index (χ2v) is 3.06. The minimum atomic E-state index is -0.221. The lowest BCUT2D eigenvalue weighted by Crippen LogP contribution is -2.18. The Kier molecular flexibility index (Phi) is 1.89. The van der Waals surface area contributed by atoms with Crippen LogP contribution >= 0.6 is 0 Å². The van der Waals surface area contributed by atoms with Crippen molar-refractivity contribution in [3.8, 4) is 5.88 Å². The van der Waals surface area contributed by atoms with Gasteiger partial charge in [0.1, 0.15) is 0 Å². The number of para-hydroxylation sites is 1. The first-order valence-electron chi connectivity index (χ1n) is 4.25. The third-order valence-electron chi connectivity index (χ3n) is 1.96. The third-order valence-corrected chi connectivity index (χ3v) is 1.96. The Labute approximate surface area is 80.7 Å². The Bertz CT molecular complexity index is 488. The number of fused-ring (bicyclic) bond motifs is 1. The third kappa shape index (κ3) is 1.31. The van der Waals surface area contributed by atoms with E-state index in [-0.39, 0.29) is 11.8 Å². The topological polar surface area (TPSA) is 54.3 Å². The van der Waals surface area contributed by atoms with Crippen LogP contribution in [-0.2, 0) is 4.79 Å². The first kappa shape index (κ1) is 8.62. The molecule has 0 fully saturated rings. The number of amides is 1. The van der Waals surface area contributed by atoms with Crippen LogP contribution < -0.4 is 5.43 Å². The molecule has 0 spiro atoms. The maximum Gasteiger partial charge on any atom is 0.235 e. The molecule has 1 aromatic heterocycles. The van der Waals surface area contributed by atoms with Crippen molar-refractivity contribution in [2.45, 2.75) is 6.92 Å². The van der Waals surface area contributed by atoms with E-state index in [4.69, 9.17) is 0 Å². The van der Waals surface area contributed by atoms with Gasteiger partial charge < -0.3 is 5.11 Å². The SMILES string of the molecule is CC(=O)Nn1c(O)cc2ccccc21. The summed E-state index contributed by atoms with van der Waals surface area (Å²) in [6.07, 6.45) is 0. The molecule has 0 saturated heterocycles. The summed E-state index contributed by atoms with van der Waals surface area (Å²) in [7, 11) is 0. The molecular formula is C10H10N2O2. The van der Waals surface area contributed by atoms with Gasteiger partial charge in [-0.3, -0.25) is 10.2 Å². The monoisotopic (exact) mass is 190 g/mol. The van der Waals surface area contributed by atoms with E-state index in [9.17, 15) is 9.90 Å². The fourth-order valence-electron chi connectivity index (χ4n) is 1.42. The summed E-state index contributed by atoms with van der Waals surface area (Å²) in [6.45, 7) is 1.40. The first-order valence-corrected chi connectivity index (χ1v) is 4.25. The Hall–Kier alpha value is -1.97. The van der Waals surface area contributed by atoms with Gasteiger partial charge in [-0.15, -0.1) is 0 Å². The molecule has 4 nitrogen and oxygen atoms in total. The number of rotatable bonds is 1. The molecule has 2 N–H and O–H groups in total. The molecule has 72 valence electrons. The van der Waals surface area contributed by atoms with Crippen molar-refractivity contribution in [1.29, 1.82) is 0 Å². The number of hydrogen-bond donors (Lipinski definition) is 2. The highest BCUT2D eigenvalue weighted by Gasteiger charge is 2.07. The van der Waals surface area contributed by atoms with Gasteiger partial charge in [-0.1, -0.05) is 18.2 Å². The predicted molar refractivity (Wildman–Crippen MR) is 53.6 cm³/mol. The van der Waals surface area contributed by atoms with Crippen LogP contribution in [0, 0.1) is 0 Å². The number of nitrogens with one attached hydrogen (secondary N) is 1. The van der Waals surface area contributed by atoms with Gasteiger partial charge in [0.15, 0.2) is 0 Å². The fraction of sp³-hybridized carbons (Fsp3) is 0.100. The van der Waals surface area contributed by atoms with Gasteiger partial charge in [-0.2, -0.15) is 0 Å². The van der Waals surface area contributed by atoms with Crippen LogP contribution in [0.3, 0.4) is 0 Å². The molecule has 1 heterocycles. The molecule has 2 rings (SSSR count). The summed E-state index contributed by atoms with van der Waals surface area (Å²) < 4.78 is 1.36. The van der Waals surface area contributed by atoms with E-state index in [0.29, 0.717) is 0 Å². The number of nitrogens with zero attached hydrogens (tertiary/aromatic N) is 1. The van der Waals surface area contributed by atoms with Gasteiger partial charge in [-0.05, 0) is 6.07 Å². The van der Waals surface area contributed by atoms with E-state index in [1.165, 1.54) is 11.6 Å². The van der Waals surface area contributed by atoms with Gasteiger partial charge >= 0.3 is 0 Å². The average Bonchev–Trinajstić information content (AvgIpc) is 2.43. The highest BCUT2D eigenvalue weighted by molar-refractivity contribution is 5.87. The summed E-state index contributed by atoms with van der Waals surface area (Å²) in [5, 5.41) is 10.4. The molecule has 1 amide bonds. The maximum atomic E-state index is 10.9. The second-order valence-electron chi connectivity index (χ2n) is 3.06. The van der Waals surface area contributed by atoms with Crippen molar-refractivity contribution < 1.29 is 9.90 Å². The number of aromatic nitrogens is 1. The van der Waals surface area contributed by atoms with Crippen LogP contribution in [0.25, 0.3) is 10.9 Å². The van der Waals surface area contributed by atoms with Crippen LogP contribution in [-0.4, -0.2) is 15.7 Å². The summed E-state index contributed by atoms with van der Waals surface area (Å²) in [5.41, 5.74) is 3.30. The van der Waals surface area contributed by atoms with E-state index in [2.05, 4.69) is 5.43 Å². The molecule has 2 aromatic rings. The largest absolute Gasteiger partial charge is 0.493 e. The molecular weight excluding hydrogens is 180 g/mol. The van der Waals surface area contributed by atoms with Crippen molar-refractivity contribution >= 4 is 16.8 Å². The Balaban J connectivity index is 2.62. The van der Waals surface area contributed by atoms with Crippen LogP contribution in [0.1, 0.15) is 6.92 Å². The zero-order valence-electron chi connectivity index (χ0n) is 7.69. The van der Waals surface area contributed by atoms with Gasteiger partial charge in [-0.25, -0.2) is 4.68 Å². The number of carbonyl (C=O) groups excluding carboxylic acids is 1. The van der Waals surface area contributed by atoms with E-state index >= 15 is 0 Å². The second kappa shape index (κ2) is 3.06. The fourth-order valence-corrected chi connectivity index (χ4v) is 1.42. The van der Waals surface area contributed by atoms with Gasteiger partial charge in [0.05, 0.1) is 5.52 Å². The molecule has 0 unspecified atom stereocenters. The van der Waals surface area contributed by atoms with E-state index in [0.717, 1.165) is 10.9 Å². The predicted octanol–water partition coefficient (Wildman–Crippen LogP) is 1.44. The quantitative estimate of drug-likeness (QED) is 0.714. The molecule has 0 saturated carbocycles. The number of hydrogen-bond acceptors (Lipinski definition) is 2. The molecule has 0 atom stereocenters. The lowest BCUT2D eigenvalue weighted by molar-refractivity contribution is -0.115. The Morgan fingerprint density at radius 3 is 2.86 bits per heavy atom.